The van der Waals surface area contributed by atoms with E-state index in [4.69, 9.17) is 9.47 Å². The Kier molecular flexibility index (Phi) is 3.89. The fraction of sp³-hybridized carbons (Fsp3) is 0.286. The van der Waals surface area contributed by atoms with Crippen LogP contribution in [0.25, 0.3) is 0 Å². The van der Waals surface area contributed by atoms with E-state index in [2.05, 4.69) is 0 Å². The fourth-order valence-electron chi connectivity index (χ4n) is 1.75. The standard InChI is InChI=1S/C14H16O3S/c1-9-4-5-13(18-9)14(15)10-6-11(16-2)8-12(7-10)17-3/h4-8,14-15H,1-3H3. The zero-order valence-electron chi connectivity index (χ0n) is 10.6. The van der Waals surface area contributed by atoms with Gasteiger partial charge in [0.1, 0.15) is 17.6 Å². The number of aliphatic hydroxyl groups is 1. The maximum absolute atomic E-state index is 10.3. The topological polar surface area (TPSA) is 38.7 Å². The van der Waals surface area contributed by atoms with Gasteiger partial charge in [0.15, 0.2) is 0 Å². The third-order valence-electron chi connectivity index (χ3n) is 2.72. The van der Waals surface area contributed by atoms with Gasteiger partial charge in [-0.1, -0.05) is 0 Å². The van der Waals surface area contributed by atoms with E-state index >= 15 is 0 Å². The third kappa shape index (κ3) is 2.66. The van der Waals surface area contributed by atoms with Gasteiger partial charge in [0, 0.05) is 15.8 Å². The van der Waals surface area contributed by atoms with Crippen LogP contribution in [-0.4, -0.2) is 19.3 Å². The van der Waals surface area contributed by atoms with Crippen molar-refractivity contribution in [2.75, 3.05) is 14.2 Å². The molecule has 0 fully saturated rings. The number of hydrogen-bond donors (Lipinski definition) is 1. The normalized spacial score (nSPS) is 12.2. The molecule has 1 unspecified atom stereocenters. The maximum Gasteiger partial charge on any atom is 0.122 e. The van der Waals surface area contributed by atoms with Gasteiger partial charge < -0.3 is 14.6 Å². The monoisotopic (exact) mass is 264 g/mol. The first kappa shape index (κ1) is 12.9. The first-order chi connectivity index (χ1) is 8.63. The summed E-state index contributed by atoms with van der Waals surface area (Å²) in [6.45, 7) is 2.02. The Hall–Kier alpha value is -1.52. The lowest BCUT2D eigenvalue weighted by atomic mass is 10.1. The van der Waals surface area contributed by atoms with Crippen LogP contribution in [0.1, 0.15) is 21.4 Å². The molecule has 0 aliphatic carbocycles. The highest BCUT2D eigenvalue weighted by Crippen LogP contribution is 2.32. The molecule has 1 atom stereocenters. The van der Waals surface area contributed by atoms with Crippen molar-refractivity contribution in [1.82, 2.24) is 0 Å². The largest absolute Gasteiger partial charge is 0.497 e. The van der Waals surface area contributed by atoms with E-state index in [1.807, 2.05) is 31.2 Å². The van der Waals surface area contributed by atoms with Gasteiger partial charge >= 0.3 is 0 Å². The Morgan fingerprint density at radius 3 is 2.11 bits per heavy atom. The zero-order valence-corrected chi connectivity index (χ0v) is 11.5. The summed E-state index contributed by atoms with van der Waals surface area (Å²) in [4.78, 5) is 2.10. The molecule has 1 aromatic carbocycles. The lowest BCUT2D eigenvalue weighted by molar-refractivity contribution is 0.223. The second-order valence-corrected chi connectivity index (χ2v) is 5.32. The molecule has 1 heterocycles. The van der Waals surface area contributed by atoms with Gasteiger partial charge in [-0.25, -0.2) is 0 Å². The van der Waals surface area contributed by atoms with Gasteiger partial charge in [-0.2, -0.15) is 0 Å². The molecular formula is C14H16O3S. The molecule has 2 rings (SSSR count). The van der Waals surface area contributed by atoms with Crippen LogP contribution in [0.5, 0.6) is 11.5 Å². The van der Waals surface area contributed by atoms with Crippen molar-refractivity contribution in [1.29, 1.82) is 0 Å². The second kappa shape index (κ2) is 5.42. The van der Waals surface area contributed by atoms with Gasteiger partial charge in [0.05, 0.1) is 14.2 Å². The Labute approximate surface area is 111 Å². The Balaban J connectivity index is 2.37. The summed E-state index contributed by atoms with van der Waals surface area (Å²) in [7, 11) is 3.19. The predicted molar refractivity (Wildman–Crippen MR) is 72.7 cm³/mol. The molecule has 0 bridgehead atoms. The van der Waals surface area contributed by atoms with Crippen molar-refractivity contribution >= 4 is 11.3 Å². The van der Waals surface area contributed by atoms with E-state index in [0.29, 0.717) is 11.5 Å². The van der Waals surface area contributed by atoms with Crippen LogP contribution in [0.2, 0.25) is 0 Å². The summed E-state index contributed by atoms with van der Waals surface area (Å²) < 4.78 is 10.4. The lowest BCUT2D eigenvalue weighted by Crippen LogP contribution is -1.99. The van der Waals surface area contributed by atoms with E-state index in [0.717, 1.165) is 10.4 Å². The number of rotatable bonds is 4. The van der Waals surface area contributed by atoms with Crippen LogP contribution in [0.15, 0.2) is 30.3 Å². The maximum atomic E-state index is 10.3. The first-order valence-electron chi connectivity index (χ1n) is 5.61. The SMILES string of the molecule is COc1cc(OC)cc(C(O)c2ccc(C)s2)c1. The summed E-state index contributed by atoms with van der Waals surface area (Å²) in [5, 5.41) is 10.3. The molecule has 0 radical (unpaired) electrons. The number of aliphatic hydroxyl groups excluding tert-OH is 1. The average Bonchev–Trinajstić information content (AvgIpc) is 2.83. The smallest absolute Gasteiger partial charge is 0.122 e. The van der Waals surface area contributed by atoms with Crippen molar-refractivity contribution in [2.45, 2.75) is 13.0 Å². The van der Waals surface area contributed by atoms with E-state index in [1.165, 1.54) is 4.88 Å². The van der Waals surface area contributed by atoms with E-state index in [-0.39, 0.29) is 0 Å². The summed E-state index contributed by atoms with van der Waals surface area (Å²) in [6.07, 6.45) is -0.646. The van der Waals surface area contributed by atoms with Gasteiger partial charge in [0.25, 0.3) is 0 Å². The molecular weight excluding hydrogens is 248 g/mol. The molecule has 0 spiro atoms. The second-order valence-electron chi connectivity index (χ2n) is 4.00. The van der Waals surface area contributed by atoms with Crippen molar-refractivity contribution in [3.05, 3.63) is 45.6 Å². The molecule has 0 saturated carbocycles. The van der Waals surface area contributed by atoms with Gasteiger partial charge in [-0.3, -0.25) is 0 Å². The molecule has 0 aliphatic heterocycles. The van der Waals surface area contributed by atoms with E-state index in [1.54, 1.807) is 31.6 Å². The van der Waals surface area contributed by atoms with Crippen molar-refractivity contribution in [2.24, 2.45) is 0 Å². The molecule has 3 nitrogen and oxygen atoms in total. The molecule has 0 amide bonds. The number of methoxy groups -OCH3 is 2. The highest BCUT2D eigenvalue weighted by molar-refractivity contribution is 7.12. The highest BCUT2D eigenvalue weighted by atomic mass is 32.1. The Bertz CT molecular complexity index is 511. The Morgan fingerprint density at radius 1 is 1.06 bits per heavy atom. The molecule has 18 heavy (non-hydrogen) atoms. The van der Waals surface area contributed by atoms with Crippen LogP contribution < -0.4 is 9.47 Å². The lowest BCUT2D eigenvalue weighted by Gasteiger charge is -2.12. The average molecular weight is 264 g/mol. The first-order valence-corrected chi connectivity index (χ1v) is 6.43. The molecule has 0 saturated heterocycles. The summed E-state index contributed by atoms with van der Waals surface area (Å²) in [5.74, 6) is 1.35. The fourth-order valence-corrected chi connectivity index (χ4v) is 2.64. The minimum Gasteiger partial charge on any atom is -0.497 e. The summed E-state index contributed by atoms with van der Waals surface area (Å²) in [5.41, 5.74) is 0.771. The van der Waals surface area contributed by atoms with Crippen LogP contribution in [-0.2, 0) is 0 Å². The minimum absolute atomic E-state index is 0.646. The van der Waals surface area contributed by atoms with Crippen molar-refractivity contribution in [3.63, 3.8) is 0 Å². The molecule has 0 aliphatic rings. The number of hydrogen-bond acceptors (Lipinski definition) is 4. The predicted octanol–water partition coefficient (Wildman–Crippen LogP) is 3.16. The quantitative estimate of drug-likeness (QED) is 0.922. The summed E-state index contributed by atoms with van der Waals surface area (Å²) in [6, 6.07) is 9.37. The molecule has 4 heteroatoms. The van der Waals surface area contributed by atoms with Crippen molar-refractivity contribution < 1.29 is 14.6 Å². The van der Waals surface area contributed by atoms with Gasteiger partial charge in [0.2, 0.25) is 0 Å². The van der Waals surface area contributed by atoms with Gasteiger partial charge in [-0.05, 0) is 36.8 Å². The third-order valence-corrected chi connectivity index (χ3v) is 3.77. The van der Waals surface area contributed by atoms with Crippen molar-refractivity contribution in [3.8, 4) is 11.5 Å². The van der Waals surface area contributed by atoms with Crippen LogP contribution >= 0.6 is 11.3 Å². The minimum atomic E-state index is -0.646. The van der Waals surface area contributed by atoms with Crippen LogP contribution in [0.3, 0.4) is 0 Å². The molecule has 1 N–H and O–H groups in total. The van der Waals surface area contributed by atoms with E-state index < -0.39 is 6.10 Å². The number of ether oxygens (including phenoxy) is 2. The number of thiophene rings is 1. The number of benzene rings is 1. The molecule has 96 valence electrons. The van der Waals surface area contributed by atoms with Crippen LogP contribution in [0, 0.1) is 6.92 Å². The highest BCUT2D eigenvalue weighted by Gasteiger charge is 2.14. The summed E-state index contributed by atoms with van der Waals surface area (Å²) >= 11 is 1.59. The number of aryl methyl sites for hydroxylation is 1. The Morgan fingerprint density at radius 2 is 1.67 bits per heavy atom. The van der Waals surface area contributed by atoms with Crippen LogP contribution in [0.4, 0.5) is 0 Å². The van der Waals surface area contributed by atoms with E-state index in [9.17, 15) is 5.11 Å². The molecule has 2 aromatic rings. The zero-order chi connectivity index (χ0) is 13.1. The van der Waals surface area contributed by atoms with Gasteiger partial charge in [-0.15, -0.1) is 11.3 Å². The molecule has 1 aromatic heterocycles.